The van der Waals surface area contributed by atoms with Gasteiger partial charge in [-0.3, -0.25) is 4.79 Å². The number of aromatic nitrogens is 2. The Morgan fingerprint density at radius 1 is 1.64 bits per heavy atom. The van der Waals surface area contributed by atoms with Crippen molar-refractivity contribution in [2.24, 2.45) is 0 Å². The SMILES string of the molecule is O=c1cc(S)cnn1C1CC1. The smallest absolute Gasteiger partial charge is 0.268 e. The zero-order chi connectivity index (χ0) is 7.84. The molecule has 0 unspecified atom stereocenters. The predicted molar refractivity (Wildman–Crippen MR) is 44.0 cm³/mol. The number of rotatable bonds is 1. The zero-order valence-electron chi connectivity index (χ0n) is 5.90. The van der Waals surface area contributed by atoms with E-state index in [-0.39, 0.29) is 5.56 Å². The fourth-order valence-electron chi connectivity index (χ4n) is 1.00. The van der Waals surface area contributed by atoms with Gasteiger partial charge in [-0.1, -0.05) is 0 Å². The van der Waals surface area contributed by atoms with E-state index in [1.807, 2.05) is 0 Å². The summed E-state index contributed by atoms with van der Waals surface area (Å²) in [5, 5.41) is 3.97. The molecule has 11 heavy (non-hydrogen) atoms. The number of hydrogen-bond donors (Lipinski definition) is 1. The van der Waals surface area contributed by atoms with E-state index in [4.69, 9.17) is 0 Å². The lowest BCUT2D eigenvalue weighted by molar-refractivity contribution is 0.592. The van der Waals surface area contributed by atoms with E-state index in [1.54, 1.807) is 6.20 Å². The fourth-order valence-corrected chi connectivity index (χ4v) is 1.16. The van der Waals surface area contributed by atoms with Gasteiger partial charge in [0.1, 0.15) is 0 Å². The highest BCUT2D eigenvalue weighted by atomic mass is 32.1. The van der Waals surface area contributed by atoms with Gasteiger partial charge in [0, 0.05) is 11.0 Å². The highest BCUT2D eigenvalue weighted by Crippen LogP contribution is 2.32. The molecular formula is C7H8N2OS. The summed E-state index contributed by atoms with van der Waals surface area (Å²) >= 11 is 4.01. The second kappa shape index (κ2) is 2.37. The summed E-state index contributed by atoms with van der Waals surface area (Å²) in [5.41, 5.74) is -0.0417. The maximum Gasteiger partial charge on any atom is 0.268 e. The lowest BCUT2D eigenvalue weighted by atomic mass is 10.5. The molecule has 0 atom stereocenters. The number of nitrogens with zero attached hydrogens (tertiary/aromatic N) is 2. The highest BCUT2D eigenvalue weighted by Gasteiger charge is 2.25. The Hall–Kier alpha value is -0.770. The van der Waals surface area contributed by atoms with Crippen molar-refractivity contribution in [3.8, 4) is 0 Å². The van der Waals surface area contributed by atoms with Gasteiger partial charge in [-0.05, 0) is 12.8 Å². The summed E-state index contributed by atoms with van der Waals surface area (Å²) in [6.45, 7) is 0. The highest BCUT2D eigenvalue weighted by molar-refractivity contribution is 7.80. The van der Waals surface area contributed by atoms with E-state index in [0.29, 0.717) is 10.9 Å². The Kier molecular flexibility index (Phi) is 1.49. The minimum absolute atomic E-state index is 0.0417. The summed E-state index contributed by atoms with van der Waals surface area (Å²) in [6, 6.07) is 1.85. The first-order valence-electron chi connectivity index (χ1n) is 3.55. The van der Waals surface area contributed by atoms with Gasteiger partial charge in [0.2, 0.25) is 0 Å². The minimum atomic E-state index is -0.0417. The Morgan fingerprint density at radius 3 is 2.91 bits per heavy atom. The van der Waals surface area contributed by atoms with Crippen molar-refractivity contribution in [2.45, 2.75) is 23.8 Å². The van der Waals surface area contributed by atoms with Gasteiger partial charge in [0.05, 0.1) is 12.2 Å². The van der Waals surface area contributed by atoms with Crippen molar-refractivity contribution < 1.29 is 0 Å². The molecule has 1 saturated carbocycles. The van der Waals surface area contributed by atoms with Crippen molar-refractivity contribution in [3.63, 3.8) is 0 Å². The van der Waals surface area contributed by atoms with Crippen molar-refractivity contribution >= 4 is 12.6 Å². The molecule has 0 spiro atoms. The molecule has 3 nitrogen and oxygen atoms in total. The maximum absolute atomic E-state index is 11.2. The van der Waals surface area contributed by atoms with Crippen molar-refractivity contribution in [3.05, 3.63) is 22.6 Å². The molecule has 0 saturated heterocycles. The molecule has 4 heteroatoms. The number of thiol groups is 1. The predicted octanol–water partition coefficient (Wildman–Crippen LogP) is 0.867. The third kappa shape index (κ3) is 1.30. The third-order valence-corrected chi connectivity index (χ3v) is 1.95. The summed E-state index contributed by atoms with van der Waals surface area (Å²) in [5.74, 6) is 0. The van der Waals surface area contributed by atoms with Crippen LogP contribution in [-0.4, -0.2) is 9.78 Å². The van der Waals surface area contributed by atoms with Crippen LogP contribution in [0.5, 0.6) is 0 Å². The molecule has 0 N–H and O–H groups in total. The molecule has 2 rings (SSSR count). The van der Waals surface area contributed by atoms with E-state index >= 15 is 0 Å². The van der Waals surface area contributed by atoms with Crippen LogP contribution in [0.15, 0.2) is 22.0 Å². The first-order valence-corrected chi connectivity index (χ1v) is 4.00. The van der Waals surface area contributed by atoms with Crippen LogP contribution in [0.1, 0.15) is 18.9 Å². The number of hydrogen-bond acceptors (Lipinski definition) is 3. The molecule has 0 aromatic carbocycles. The van der Waals surface area contributed by atoms with E-state index < -0.39 is 0 Å². The summed E-state index contributed by atoms with van der Waals surface area (Å²) in [6.07, 6.45) is 3.76. The van der Waals surface area contributed by atoms with E-state index in [2.05, 4.69) is 17.7 Å². The van der Waals surface area contributed by atoms with Crippen LogP contribution in [0.2, 0.25) is 0 Å². The quantitative estimate of drug-likeness (QED) is 0.631. The largest absolute Gasteiger partial charge is 0.268 e. The van der Waals surface area contributed by atoms with Crippen LogP contribution in [0.3, 0.4) is 0 Å². The van der Waals surface area contributed by atoms with Crippen LogP contribution >= 0.6 is 12.6 Å². The Balaban J connectivity index is 2.48. The first-order chi connectivity index (χ1) is 5.27. The summed E-state index contributed by atoms with van der Waals surface area (Å²) < 4.78 is 1.53. The zero-order valence-corrected chi connectivity index (χ0v) is 6.79. The molecular weight excluding hydrogens is 160 g/mol. The van der Waals surface area contributed by atoms with Crippen molar-refractivity contribution in [1.82, 2.24) is 9.78 Å². The Bertz CT molecular complexity index is 329. The average molecular weight is 168 g/mol. The van der Waals surface area contributed by atoms with E-state index in [9.17, 15) is 4.79 Å². The normalized spacial score (nSPS) is 16.8. The monoisotopic (exact) mass is 168 g/mol. The Morgan fingerprint density at radius 2 is 2.36 bits per heavy atom. The lowest BCUT2D eigenvalue weighted by Gasteiger charge is -1.99. The van der Waals surface area contributed by atoms with Gasteiger partial charge in [0.25, 0.3) is 5.56 Å². The van der Waals surface area contributed by atoms with Gasteiger partial charge in [-0.2, -0.15) is 5.10 Å². The van der Waals surface area contributed by atoms with Gasteiger partial charge < -0.3 is 0 Å². The van der Waals surface area contributed by atoms with Gasteiger partial charge in [0.15, 0.2) is 0 Å². The molecule has 1 heterocycles. The fraction of sp³-hybridized carbons (Fsp3) is 0.429. The van der Waals surface area contributed by atoms with Gasteiger partial charge >= 0.3 is 0 Å². The van der Waals surface area contributed by atoms with E-state index in [0.717, 1.165) is 12.8 Å². The molecule has 1 aromatic heterocycles. The van der Waals surface area contributed by atoms with Crippen LogP contribution in [-0.2, 0) is 0 Å². The molecule has 0 amide bonds. The minimum Gasteiger partial charge on any atom is -0.268 e. The molecule has 1 fully saturated rings. The first kappa shape index (κ1) is 6.91. The third-order valence-electron chi connectivity index (χ3n) is 1.70. The van der Waals surface area contributed by atoms with Crippen LogP contribution in [0, 0.1) is 0 Å². The topological polar surface area (TPSA) is 34.9 Å². The Labute approximate surface area is 69.5 Å². The van der Waals surface area contributed by atoms with Gasteiger partial charge in [-0.25, -0.2) is 4.68 Å². The van der Waals surface area contributed by atoms with Crippen molar-refractivity contribution in [2.75, 3.05) is 0 Å². The molecule has 0 bridgehead atoms. The standard InChI is InChI=1S/C7H8N2OS/c10-7-3-6(11)4-8-9(7)5-1-2-5/h3-5,11H,1-2H2. The van der Waals surface area contributed by atoms with Crippen LogP contribution in [0.4, 0.5) is 0 Å². The molecule has 0 radical (unpaired) electrons. The van der Waals surface area contributed by atoms with Crippen LogP contribution < -0.4 is 5.56 Å². The molecule has 0 aliphatic heterocycles. The lowest BCUT2D eigenvalue weighted by Crippen LogP contribution is -2.20. The summed E-state index contributed by atoms with van der Waals surface area (Å²) in [4.78, 5) is 11.8. The summed E-state index contributed by atoms with van der Waals surface area (Å²) in [7, 11) is 0. The van der Waals surface area contributed by atoms with Crippen LogP contribution in [0.25, 0.3) is 0 Å². The molecule has 1 aliphatic carbocycles. The molecule has 1 aliphatic rings. The molecule has 58 valence electrons. The van der Waals surface area contributed by atoms with Crippen molar-refractivity contribution in [1.29, 1.82) is 0 Å². The van der Waals surface area contributed by atoms with Gasteiger partial charge in [-0.15, -0.1) is 12.6 Å². The maximum atomic E-state index is 11.2. The second-order valence-corrected chi connectivity index (χ2v) is 3.24. The average Bonchev–Trinajstić information content (AvgIpc) is 2.70. The molecule has 1 aromatic rings. The van der Waals surface area contributed by atoms with E-state index in [1.165, 1.54) is 10.7 Å². The second-order valence-electron chi connectivity index (χ2n) is 2.73.